The number of hydrogen-bond acceptors (Lipinski definition) is 4. The van der Waals surface area contributed by atoms with Crippen LogP contribution in [0.5, 0.6) is 11.6 Å². The van der Waals surface area contributed by atoms with Gasteiger partial charge in [0.05, 0.1) is 0 Å². The summed E-state index contributed by atoms with van der Waals surface area (Å²) in [6, 6.07) is 6.18. The second-order valence-corrected chi connectivity index (χ2v) is 6.27. The number of benzene rings is 1. The molecule has 4 nitrogen and oxygen atoms in total. The van der Waals surface area contributed by atoms with E-state index in [0.29, 0.717) is 18.3 Å². The molecule has 0 aliphatic heterocycles. The molecule has 0 spiro atoms. The van der Waals surface area contributed by atoms with E-state index in [2.05, 4.69) is 37.9 Å². The lowest BCUT2D eigenvalue weighted by atomic mass is 9.98. The number of nitrogens with zero attached hydrogens (tertiary/aromatic N) is 2. The second kappa shape index (κ2) is 5.50. The summed E-state index contributed by atoms with van der Waals surface area (Å²) in [7, 11) is 0. The van der Waals surface area contributed by atoms with Crippen molar-refractivity contribution < 1.29 is 4.74 Å². The van der Waals surface area contributed by atoms with E-state index in [1.807, 2.05) is 22.0 Å². The number of ether oxygens (including phenoxy) is 1. The third-order valence-electron chi connectivity index (χ3n) is 3.60. The van der Waals surface area contributed by atoms with Crippen LogP contribution < -0.4 is 10.5 Å². The molecule has 3 rings (SSSR count). The summed E-state index contributed by atoms with van der Waals surface area (Å²) < 4.78 is 7.94. The van der Waals surface area contributed by atoms with Crippen molar-refractivity contribution in [3.63, 3.8) is 0 Å². The van der Waals surface area contributed by atoms with Crippen molar-refractivity contribution in [1.82, 2.24) is 9.38 Å². The van der Waals surface area contributed by atoms with Gasteiger partial charge in [-0.15, -0.1) is 11.3 Å². The summed E-state index contributed by atoms with van der Waals surface area (Å²) in [6.07, 6.45) is 1.97. The quantitative estimate of drug-likeness (QED) is 0.790. The third-order valence-corrected chi connectivity index (χ3v) is 4.35. The van der Waals surface area contributed by atoms with Crippen molar-refractivity contribution in [3.05, 3.63) is 46.6 Å². The summed E-state index contributed by atoms with van der Waals surface area (Å²) in [6.45, 7) is 6.89. The molecule has 0 radical (unpaired) electrons. The number of aromatic nitrogens is 2. The van der Waals surface area contributed by atoms with Crippen molar-refractivity contribution >= 4 is 16.3 Å². The van der Waals surface area contributed by atoms with Crippen molar-refractivity contribution in [3.8, 4) is 11.6 Å². The van der Waals surface area contributed by atoms with Gasteiger partial charge in [-0.3, -0.25) is 4.40 Å². The van der Waals surface area contributed by atoms with Crippen LogP contribution in [0.2, 0.25) is 0 Å². The third kappa shape index (κ3) is 2.54. The lowest BCUT2D eigenvalue weighted by Gasteiger charge is -2.11. The summed E-state index contributed by atoms with van der Waals surface area (Å²) in [4.78, 5) is 5.41. The van der Waals surface area contributed by atoms with Crippen molar-refractivity contribution in [2.45, 2.75) is 33.2 Å². The molecule has 0 amide bonds. The summed E-state index contributed by atoms with van der Waals surface area (Å²) >= 11 is 1.57. The van der Waals surface area contributed by atoms with E-state index in [0.717, 1.165) is 16.4 Å². The van der Waals surface area contributed by atoms with E-state index >= 15 is 0 Å². The van der Waals surface area contributed by atoms with E-state index in [-0.39, 0.29) is 0 Å². The molecule has 0 atom stereocenters. The number of nitrogens with two attached hydrogens (primary N) is 1. The molecule has 2 N–H and O–H groups in total. The molecular formula is C16H19N3OS. The molecule has 3 aromatic rings. The second-order valence-electron chi connectivity index (χ2n) is 5.40. The molecule has 5 heteroatoms. The maximum Gasteiger partial charge on any atom is 0.243 e. The van der Waals surface area contributed by atoms with Crippen molar-refractivity contribution in [1.29, 1.82) is 0 Å². The molecule has 110 valence electrons. The Hall–Kier alpha value is -1.85. The molecule has 0 unspecified atom stereocenters. The number of aryl methyl sites for hydroxylation is 1. The Kier molecular flexibility index (Phi) is 3.69. The van der Waals surface area contributed by atoms with Crippen LogP contribution in [0, 0.1) is 6.92 Å². The molecule has 2 heterocycles. The zero-order valence-corrected chi connectivity index (χ0v) is 13.3. The van der Waals surface area contributed by atoms with Crippen LogP contribution in [-0.2, 0) is 6.54 Å². The number of imidazole rings is 1. The number of hydrogen-bond donors (Lipinski definition) is 1. The van der Waals surface area contributed by atoms with Gasteiger partial charge in [-0.05, 0) is 36.1 Å². The average Bonchev–Trinajstić information content (AvgIpc) is 2.98. The van der Waals surface area contributed by atoms with E-state index in [1.54, 1.807) is 11.3 Å². The minimum atomic E-state index is 0.399. The van der Waals surface area contributed by atoms with Gasteiger partial charge in [0.1, 0.15) is 11.4 Å². The van der Waals surface area contributed by atoms with Crippen LogP contribution in [0.3, 0.4) is 0 Å². The zero-order chi connectivity index (χ0) is 15.0. The van der Waals surface area contributed by atoms with Crippen LogP contribution in [0.1, 0.15) is 36.6 Å². The van der Waals surface area contributed by atoms with Gasteiger partial charge in [0.2, 0.25) is 5.88 Å². The molecule has 0 aliphatic carbocycles. The summed E-state index contributed by atoms with van der Waals surface area (Å²) in [5.41, 5.74) is 9.31. The van der Waals surface area contributed by atoms with Crippen molar-refractivity contribution in [2.24, 2.45) is 5.73 Å². The molecule has 2 aromatic heterocycles. The summed E-state index contributed by atoms with van der Waals surface area (Å²) in [5.74, 6) is 1.91. The fraction of sp³-hybridized carbons (Fsp3) is 0.312. The normalized spacial score (nSPS) is 11.5. The Morgan fingerprint density at radius 2 is 2.19 bits per heavy atom. The van der Waals surface area contributed by atoms with Gasteiger partial charge in [-0.2, -0.15) is 4.98 Å². The lowest BCUT2D eigenvalue weighted by molar-refractivity contribution is 0.458. The Labute approximate surface area is 128 Å². The highest BCUT2D eigenvalue weighted by molar-refractivity contribution is 7.15. The zero-order valence-electron chi connectivity index (χ0n) is 12.5. The predicted molar refractivity (Wildman–Crippen MR) is 86.3 cm³/mol. The van der Waals surface area contributed by atoms with Gasteiger partial charge in [-0.25, -0.2) is 0 Å². The van der Waals surface area contributed by atoms with Gasteiger partial charge in [0.15, 0.2) is 4.96 Å². The number of fused-ring (bicyclic) bond motifs is 1. The van der Waals surface area contributed by atoms with E-state index in [9.17, 15) is 0 Å². The van der Waals surface area contributed by atoms with Gasteiger partial charge in [0.25, 0.3) is 0 Å². The fourth-order valence-electron chi connectivity index (χ4n) is 2.55. The van der Waals surface area contributed by atoms with E-state index in [4.69, 9.17) is 10.5 Å². The first kappa shape index (κ1) is 14.1. The minimum absolute atomic E-state index is 0.399. The number of rotatable bonds is 4. The molecule has 0 aliphatic rings. The largest absolute Gasteiger partial charge is 0.437 e. The van der Waals surface area contributed by atoms with E-state index < -0.39 is 0 Å². The standard InChI is InChI=1S/C16H19N3OS/c1-10(2)13-5-4-12(8-11(13)3)20-15-14(9-17)19-6-7-21-16(19)18-15/h4-8,10H,9,17H2,1-3H3. The Bertz CT molecular complexity index is 773. The first-order valence-corrected chi connectivity index (χ1v) is 7.91. The van der Waals surface area contributed by atoms with Gasteiger partial charge < -0.3 is 10.5 Å². The van der Waals surface area contributed by atoms with Crippen LogP contribution in [0.15, 0.2) is 29.8 Å². The average molecular weight is 301 g/mol. The molecule has 0 saturated heterocycles. The smallest absolute Gasteiger partial charge is 0.243 e. The molecule has 21 heavy (non-hydrogen) atoms. The Balaban J connectivity index is 1.95. The minimum Gasteiger partial charge on any atom is -0.437 e. The number of thiazole rings is 1. The Morgan fingerprint density at radius 3 is 2.86 bits per heavy atom. The molecular weight excluding hydrogens is 282 g/mol. The molecule has 0 bridgehead atoms. The maximum absolute atomic E-state index is 5.95. The fourth-order valence-corrected chi connectivity index (χ4v) is 3.28. The molecule has 1 aromatic carbocycles. The van der Waals surface area contributed by atoms with Gasteiger partial charge in [0, 0.05) is 18.1 Å². The van der Waals surface area contributed by atoms with Gasteiger partial charge in [-0.1, -0.05) is 19.9 Å². The van der Waals surface area contributed by atoms with E-state index in [1.165, 1.54) is 11.1 Å². The first-order valence-electron chi connectivity index (χ1n) is 7.03. The van der Waals surface area contributed by atoms with Crippen LogP contribution in [-0.4, -0.2) is 9.38 Å². The first-order chi connectivity index (χ1) is 10.1. The lowest BCUT2D eigenvalue weighted by Crippen LogP contribution is -2.02. The highest BCUT2D eigenvalue weighted by Gasteiger charge is 2.14. The van der Waals surface area contributed by atoms with Crippen molar-refractivity contribution in [2.75, 3.05) is 0 Å². The predicted octanol–water partition coefficient (Wildman–Crippen LogP) is 4.08. The molecule has 0 fully saturated rings. The highest BCUT2D eigenvalue weighted by atomic mass is 32.1. The topological polar surface area (TPSA) is 52.5 Å². The van der Waals surface area contributed by atoms with Crippen LogP contribution >= 0.6 is 11.3 Å². The summed E-state index contributed by atoms with van der Waals surface area (Å²) in [5, 5.41) is 1.99. The highest BCUT2D eigenvalue weighted by Crippen LogP contribution is 2.30. The van der Waals surface area contributed by atoms with Crippen LogP contribution in [0.4, 0.5) is 0 Å². The SMILES string of the molecule is Cc1cc(Oc2nc3sccn3c2CN)ccc1C(C)C. The Morgan fingerprint density at radius 1 is 1.38 bits per heavy atom. The van der Waals surface area contributed by atoms with Gasteiger partial charge >= 0.3 is 0 Å². The monoisotopic (exact) mass is 301 g/mol. The van der Waals surface area contributed by atoms with Crippen LogP contribution in [0.25, 0.3) is 4.96 Å². The molecule has 0 saturated carbocycles. The maximum atomic E-state index is 5.95.